The highest BCUT2D eigenvalue weighted by atomic mass is 15.1. The molecule has 14 aromatic rings. The van der Waals surface area contributed by atoms with E-state index in [9.17, 15) is 0 Å². The molecule has 0 radical (unpaired) electrons. The van der Waals surface area contributed by atoms with E-state index in [0.29, 0.717) is 0 Å². The molecule has 1 aliphatic carbocycles. The van der Waals surface area contributed by atoms with Crippen LogP contribution in [0.3, 0.4) is 0 Å². The fourth-order valence-electron chi connectivity index (χ4n) is 11.9. The van der Waals surface area contributed by atoms with Gasteiger partial charge in [0.25, 0.3) is 0 Å². The Labute approximate surface area is 481 Å². The predicted octanol–water partition coefficient (Wildman–Crippen LogP) is 19.5. The number of fused-ring (bicyclic) bond motifs is 4. The van der Waals surface area contributed by atoms with Crippen molar-refractivity contribution in [2.45, 2.75) is 0 Å². The average Bonchev–Trinajstić information content (AvgIpc) is 1.87. The van der Waals surface area contributed by atoms with Gasteiger partial charge < -0.3 is 4.90 Å². The molecular weight excluding hydrogens is 1010 g/mol. The molecule has 0 aliphatic heterocycles. The van der Waals surface area contributed by atoms with E-state index in [2.05, 4.69) is 198 Å². The van der Waals surface area contributed by atoms with Crippen molar-refractivity contribution < 1.29 is 0 Å². The molecule has 15 rings (SSSR count). The van der Waals surface area contributed by atoms with E-state index in [1.165, 1.54) is 55.1 Å². The molecule has 7 heteroatoms. The lowest BCUT2D eigenvalue weighted by atomic mass is 9.83. The van der Waals surface area contributed by atoms with Gasteiger partial charge in [0.05, 0.1) is 62.6 Å². The molecule has 6 heterocycles. The van der Waals surface area contributed by atoms with Gasteiger partial charge in [-0.05, 0) is 175 Å². The van der Waals surface area contributed by atoms with E-state index in [1.54, 1.807) is 6.20 Å². The van der Waals surface area contributed by atoms with E-state index >= 15 is 0 Å². The van der Waals surface area contributed by atoms with Gasteiger partial charge in [-0.15, -0.1) is 0 Å². The maximum Gasteiger partial charge on any atom is 0.0894 e. The van der Waals surface area contributed by atoms with Crippen LogP contribution < -0.4 is 4.90 Å². The van der Waals surface area contributed by atoms with Crippen molar-refractivity contribution in [1.29, 1.82) is 0 Å². The molecule has 8 aromatic carbocycles. The fraction of sp³-hybridized carbons (Fsp3) is 0. The summed E-state index contributed by atoms with van der Waals surface area (Å²) in [5, 5.41) is 4.74. The highest BCUT2D eigenvalue weighted by molar-refractivity contribution is 6.28. The maximum atomic E-state index is 5.56. The Kier molecular flexibility index (Phi) is 12.2. The van der Waals surface area contributed by atoms with Gasteiger partial charge in [-0.1, -0.05) is 176 Å². The summed E-state index contributed by atoms with van der Waals surface area (Å²) in [6.07, 6.45) is 3.66. The first-order valence-corrected chi connectivity index (χ1v) is 27.8. The lowest BCUT2D eigenvalue weighted by molar-refractivity contribution is 1.19. The normalized spacial score (nSPS) is 11.4. The Morgan fingerprint density at radius 3 is 1.20 bits per heavy atom. The molecule has 0 saturated carbocycles. The number of hydrogen-bond donors (Lipinski definition) is 0. The van der Waals surface area contributed by atoms with Crippen LogP contribution in [0.4, 0.5) is 17.1 Å². The Morgan fingerprint density at radius 1 is 0.265 bits per heavy atom. The molecule has 1 aliphatic rings. The van der Waals surface area contributed by atoms with Gasteiger partial charge in [0.15, 0.2) is 0 Å². The Balaban J connectivity index is 0.817. The molecular formula is C76H49N7. The largest absolute Gasteiger partial charge is 0.311 e. The molecule has 6 aromatic heterocycles. The molecule has 388 valence electrons. The molecule has 0 amide bonds. The molecule has 0 saturated heterocycles. The second-order valence-electron chi connectivity index (χ2n) is 20.6. The van der Waals surface area contributed by atoms with E-state index in [-0.39, 0.29) is 0 Å². The third kappa shape index (κ3) is 8.81. The van der Waals surface area contributed by atoms with E-state index in [0.717, 1.165) is 102 Å². The average molecular weight is 1060 g/mol. The summed E-state index contributed by atoms with van der Waals surface area (Å²) < 4.78 is 0. The Hall–Kier alpha value is -11.3. The molecule has 0 N–H and O–H groups in total. The van der Waals surface area contributed by atoms with Gasteiger partial charge in [-0.2, -0.15) is 0 Å². The van der Waals surface area contributed by atoms with E-state index in [4.69, 9.17) is 24.9 Å². The van der Waals surface area contributed by atoms with Crippen molar-refractivity contribution >= 4 is 44.7 Å². The summed E-state index contributed by atoms with van der Waals surface area (Å²) in [5.74, 6) is 0. The molecule has 0 fully saturated rings. The van der Waals surface area contributed by atoms with Gasteiger partial charge in [0.1, 0.15) is 0 Å². The van der Waals surface area contributed by atoms with Crippen LogP contribution in [0.1, 0.15) is 5.56 Å². The van der Waals surface area contributed by atoms with Crippen LogP contribution in [0.25, 0.3) is 140 Å². The lowest BCUT2D eigenvalue weighted by Gasteiger charge is -2.26. The third-order valence-electron chi connectivity index (χ3n) is 15.7. The summed E-state index contributed by atoms with van der Waals surface area (Å²) in [7, 11) is 0. The molecule has 0 spiro atoms. The van der Waals surface area contributed by atoms with E-state index < -0.39 is 0 Å². The standard InChI is InChI=1S/C76H49N7/c1-2-49-38-42-53(43-39-49)83(52-21-7-4-8-22-52)54-44-40-50(41-45-54)55-46-47-60-73-56(55)25-13-26-59(73)76-74(58-24-10-9-23-57(58)72(75(60)76)51-19-5-3-6-20-51)71-37-18-36-70(82-71)69-35-17-34-68(81-69)67-33-16-32-66(80-67)65-31-15-30-64(79-65)63-29-14-28-62(78-63)61-27-11-12-48-77-61/h2-48H,1H2. The Bertz CT molecular complexity index is 4790. The first kappa shape index (κ1) is 48.8. The SMILES string of the molecule is C=Cc1ccc(N(c2ccccc2)c2ccc(-c3ccc4c5c(cccc35)-c3c-4c(-c4ccccc4)c4ccccc4c3-c3cccc(-c4cccc(-c5cccc(-c6cccc(-c7cccc(-c8ccccn8)n7)n6)n5)n4)n3)cc2)cc1. The quantitative estimate of drug-likeness (QED) is 0.121. The van der Waals surface area contributed by atoms with Gasteiger partial charge in [-0.3, -0.25) is 4.98 Å². The van der Waals surface area contributed by atoms with Crippen molar-refractivity contribution in [2.75, 3.05) is 4.90 Å². The number of para-hydroxylation sites is 1. The van der Waals surface area contributed by atoms with Crippen LogP contribution in [0, 0.1) is 0 Å². The molecule has 0 bridgehead atoms. The third-order valence-corrected chi connectivity index (χ3v) is 15.7. The summed E-state index contributed by atoms with van der Waals surface area (Å²) >= 11 is 0. The van der Waals surface area contributed by atoms with Gasteiger partial charge in [-0.25, -0.2) is 24.9 Å². The summed E-state index contributed by atoms with van der Waals surface area (Å²) in [6, 6.07) is 95.2. The minimum Gasteiger partial charge on any atom is -0.311 e. The van der Waals surface area contributed by atoms with Gasteiger partial charge in [0, 0.05) is 34.4 Å². The molecule has 0 unspecified atom stereocenters. The number of pyridine rings is 6. The van der Waals surface area contributed by atoms with Crippen LogP contribution >= 0.6 is 0 Å². The number of hydrogen-bond acceptors (Lipinski definition) is 7. The van der Waals surface area contributed by atoms with E-state index in [1.807, 2.05) is 97.1 Å². The van der Waals surface area contributed by atoms with Gasteiger partial charge >= 0.3 is 0 Å². The van der Waals surface area contributed by atoms with Crippen molar-refractivity contribution in [3.63, 3.8) is 0 Å². The maximum absolute atomic E-state index is 5.56. The Morgan fingerprint density at radius 2 is 0.663 bits per heavy atom. The zero-order valence-corrected chi connectivity index (χ0v) is 45.0. The number of benzene rings is 8. The highest BCUT2D eigenvalue weighted by Gasteiger charge is 2.32. The first-order valence-electron chi connectivity index (χ1n) is 27.8. The molecule has 0 atom stereocenters. The van der Waals surface area contributed by atoms with Crippen molar-refractivity contribution in [3.05, 3.63) is 291 Å². The van der Waals surface area contributed by atoms with Crippen molar-refractivity contribution in [3.8, 4) is 113 Å². The van der Waals surface area contributed by atoms with Crippen LogP contribution in [0.2, 0.25) is 0 Å². The number of rotatable bonds is 12. The molecule has 7 nitrogen and oxygen atoms in total. The number of aromatic nitrogens is 6. The minimum atomic E-state index is 0.730. The minimum absolute atomic E-state index is 0.730. The zero-order valence-electron chi connectivity index (χ0n) is 45.0. The lowest BCUT2D eigenvalue weighted by Crippen LogP contribution is -2.09. The van der Waals surface area contributed by atoms with Crippen LogP contribution in [0.5, 0.6) is 0 Å². The smallest absolute Gasteiger partial charge is 0.0894 e. The van der Waals surface area contributed by atoms with Crippen LogP contribution in [0.15, 0.2) is 286 Å². The van der Waals surface area contributed by atoms with Crippen LogP contribution in [-0.4, -0.2) is 29.9 Å². The van der Waals surface area contributed by atoms with Crippen molar-refractivity contribution in [2.24, 2.45) is 0 Å². The topological polar surface area (TPSA) is 80.6 Å². The summed E-state index contributed by atoms with van der Waals surface area (Å²) in [5.41, 5.74) is 23.3. The second-order valence-corrected chi connectivity index (χ2v) is 20.6. The summed E-state index contributed by atoms with van der Waals surface area (Å²) in [4.78, 5) is 32.7. The second kappa shape index (κ2) is 20.7. The zero-order chi connectivity index (χ0) is 55.2. The fourth-order valence-corrected chi connectivity index (χ4v) is 11.9. The number of anilines is 3. The number of nitrogens with zero attached hydrogens (tertiary/aromatic N) is 7. The monoisotopic (exact) mass is 1060 g/mol. The highest BCUT2D eigenvalue weighted by Crippen LogP contribution is 2.58. The predicted molar refractivity (Wildman–Crippen MR) is 341 cm³/mol. The first-order chi connectivity index (χ1) is 41.1. The molecule has 83 heavy (non-hydrogen) atoms. The van der Waals surface area contributed by atoms with Gasteiger partial charge in [0.2, 0.25) is 0 Å². The summed E-state index contributed by atoms with van der Waals surface area (Å²) in [6.45, 7) is 3.98. The van der Waals surface area contributed by atoms with Crippen molar-refractivity contribution in [1.82, 2.24) is 29.9 Å². The van der Waals surface area contributed by atoms with Crippen LogP contribution in [-0.2, 0) is 0 Å².